The van der Waals surface area contributed by atoms with E-state index in [1.807, 2.05) is 0 Å². The van der Waals surface area contributed by atoms with Crippen LogP contribution in [-0.4, -0.2) is 54.3 Å². The maximum absolute atomic E-state index is 12.7. The van der Waals surface area contributed by atoms with Crippen LogP contribution < -0.4 is 4.90 Å². The van der Waals surface area contributed by atoms with Gasteiger partial charge in [-0.15, -0.1) is 0 Å². The van der Waals surface area contributed by atoms with Gasteiger partial charge >= 0.3 is 0 Å². The van der Waals surface area contributed by atoms with Gasteiger partial charge in [0.05, 0.1) is 28.1 Å². The van der Waals surface area contributed by atoms with E-state index in [1.54, 1.807) is 12.4 Å². The number of hydrogen-bond acceptors (Lipinski definition) is 6. The van der Waals surface area contributed by atoms with E-state index in [2.05, 4.69) is 19.4 Å². The fraction of sp³-hybridized carbons (Fsp3) is 0.650. The maximum atomic E-state index is 12.7. The van der Waals surface area contributed by atoms with Crippen LogP contribution in [0.1, 0.15) is 49.5 Å². The lowest BCUT2D eigenvalue weighted by Crippen LogP contribution is -2.40. The zero-order valence-electron chi connectivity index (χ0n) is 16.4. The van der Waals surface area contributed by atoms with Crippen molar-refractivity contribution in [3.63, 3.8) is 0 Å². The molecule has 2 aromatic rings. The largest absolute Gasteiger partial charge is 0.396 e. The number of nitrogens with zero attached hydrogens (tertiary/aromatic N) is 5. The van der Waals surface area contributed by atoms with Crippen molar-refractivity contribution < 1.29 is 9.32 Å². The van der Waals surface area contributed by atoms with Crippen molar-refractivity contribution in [1.82, 2.24) is 19.5 Å². The standard InChI is InChI=1S/C20H26ClN5O2S/c21-15-10-22-17(23-11-15)14-2-7-25(8-3-14)19-24-16-4-9-29(28)18(16)26(19)12-20(13-27)5-1-6-20/h10-11,14,27H,1-9,12-13H2/t29-/m0/s1. The molecule has 2 aliphatic heterocycles. The van der Waals surface area contributed by atoms with Crippen molar-refractivity contribution in [2.24, 2.45) is 5.41 Å². The molecule has 7 nitrogen and oxygen atoms in total. The number of fused-ring (bicyclic) bond motifs is 1. The Balaban J connectivity index is 1.38. The predicted octanol–water partition coefficient (Wildman–Crippen LogP) is 2.54. The average molecular weight is 436 g/mol. The van der Waals surface area contributed by atoms with Crippen LogP contribution in [0.4, 0.5) is 5.95 Å². The molecular weight excluding hydrogens is 410 g/mol. The minimum atomic E-state index is -0.987. The molecule has 1 saturated heterocycles. The van der Waals surface area contributed by atoms with Gasteiger partial charge in [-0.25, -0.2) is 15.0 Å². The lowest BCUT2D eigenvalue weighted by Gasteiger charge is -2.42. The Bertz CT molecular complexity index is 914. The molecule has 2 aromatic heterocycles. The van der Waals surface area contributed by atoms with Crippen LogP contribution in [0.15, 0.2) is 17.4 Å². The number of rotatable bonds is 5. The molecule has 4 heterocycles. The Morgan fingerprint density at radius 1 is 1.24 bits per heavy atom. The van der Waals surface area contributed by atoms with Gasteiger partial charge in [0.15, 0.2) is 0 Å². The first-order chi connectivity index (χ1) is 14.1. The van der Waals surface area contributed by atoms with Crippen LogP contribution >= 0.6 is 11.6 Å². The third kappa shape index (κ3) is 3.49. The molecule has 0 spiro atoms. The average Bonchev–Trinajstić information content (AvgIpc) is 3.25. The topological polar surface area (TPSA) is 84.1 Å². The Labute approximate surface area is 178 Å². The summed E-state index contributed by atoms with van der Waals surface area (Å²) in [4.78, 5) is 16.0. The molecule has 1 aliphatic carbocycles. The van der Waals surface area contributed by atoms with Gasteiger partial charge in [0.25, 0.3) is 0 Å². The predicted molar refractivity (Wildman–Crippen MR) is 112 cm³/mol. The molecule has 1 atom stereocenters. The Morgan fingerprint density at radius 2 is 1.97 bits per heavy atom. The van der Waals surface area contributed by atoms with Gasteiger partial charge in [-0.3, -0.25) is 4.21 Å². The van der Waals surface area contributed by atoms with E-state index in [0.717, 1.165) is 74.1 Å². The van der Waals surface area contributed by atoms with Crippen molar-refractivity contribution in [2.45, 2.75) is 56.0 Å². The number of aliphatic hydroxyl groups is 1. The van der Waals surface area contributed by atoms with E-state index < -0.39 is 10.8 Å². The van der Waals surface area contributed by atoms with Crippen molar-refractivity contribution in [3.05, 3.63) is 28.9 Å². The number of anilines is 1. The van der Waals surface area contributed by atoms with E-state index in [-0.39, 0.29) is 12.0 Å². The number of piperidine rings is 1. The third-order valence-corrected chi connectivity index (χ3v) is 8.39. The van der Waals surface area contributed by atoms with E-state index >= 15 is 0 Å². The molecule has 0 bridgehead atoms. The molecule has 5 rings (SSSR count). The van der Waals surface area contributed by atoms with Crippen molar-refractivity contribution in [1.29, 1.82) is 0 Å². The van der Waals surface area contributed by atoms with E-state index in [0.29, 0.717) is 23.2 Å². The Morgan fingerprint density at radius 3 is 2.59 bits per heavy atom. The number of halogens is 1. The van der Waals surface area contributed by atoms with Gasteiger partial charge in [-0.1, -0.05) is 18.0 Å². The summed E-state index contributed by atoms with van der Waals surface area (Å²) >= 11 is 5.91. The molecule has 9 heteroatoms. The molecule has 3 aliphatic rings. The second-order valence-electron chi connectivity index (χ2n) is 8.58. The Hall–Kier alpha value is -1.51. The van der Waals surface area contributed by atoms with Gasteiger partial charge in [0.1, 0.15) is 10.9 Å². The quantitative estimate of drug-likeness (QED) is 0.776. The SMILES string of the molecule is O=[S@]1CCc2nc(N3CCC(c4ncc(Cl)cn4)CC3)n(CC3(CO)CCC3)c21. The van der Waals surface area contributed by atoms with Gasteiger partial charge < -0.3 is 14.6 Å². The summed E-state index contributed by atoms with van der Waals surface area (Å²) in [5.74, 6) is 2.77. The van der Waals surface area contributed by atoms with E-state index in [9.17, 15) is 9.32 Å². The second kappa shape index (κ2) is 7.63. The smallest absolute Gasteiger partial charge is 0.206 e. The van der Waals surface area contributed by atoms with Gasteiger partial charge in [-0.2, -0.15) is 0 Å². The summed E-state index contributed by atoms with van der Waals surface area (Å²) < 4.78 is 14.8. The maximum Gasteiger partial charge on any atom is 0.206 e. The van der Waals surface area contributed by atoms with Crippen molar-refractivity contribution in [2.75, 3.05) is 30.3 Å². The highest BCUT2D eigenvalue weighted by Crippen LogP contribution is 2.44. The first-order valence-corrected chi connectivity index (χ1v) is 12.1. The number of hydrogen-bond donors (Lipinski definition) is 1. The highest BCUT2D eigenvalue weighted by atomic mass is 35.5. The zero-order chi connectivity index (χ0) is 20.0. The number of imidazole rings is 1. The number of aryl methyl sites for hydroxylation is 1. The third-order valence-electron chi connectivity index (χ3n) is 6.73. The molecule has 1 saturated carbocycles. The fourth-order valence-electron chi connectivity index (χ4n) is 4.81. The minimum Gasteiger partial charge on any atom is -0.396 e. The van der Waals surface area contributed by atoms with Gasteiger partial charge in [0.2, 0.25) is 5.95 Å². The molecule has 0 radical (unpaired) electrons. The molecule has 0 unspecified atom stereocenters. The summed E-state index contributed by atoms with van der Waals surface area (Å²) in [6, 6.07) is 0. The van der Waals surface area contributed by atoms with Crippen LogP contribution in [-0.2, 0) is 23.8 Å². The number of aromatic nitrogens is 4. The Kier molecular flexibility index (Phi) is 5.12. The van der Waals surface area contributed by atoms with Crippen LogP contribution in [0.2, 0.25) is 5.02 Å². The normalized spacial score (nSPS) is 23.8. The first kappa shape index (κ1) is 19.5. The van der Waals surface area contributed by atoms with Crippen LogP contribution in [0, 0.1) is 5.41 Å². The lowest BCUT2D eigenvalue weighted by molar-refractivity contribution is 0.0258. The highest BCUT2D eigenvalue weighted by molar-refractivity contribution is 7.85. The van der Waals surface area contributed by atoms with E-state index in [1.165, 1.54) is 0 Å². The lowest BCUT2D eigenvalue weighted by atomic mass is 9.69. The summed E-state index contributed by atoms with van der Waals surface area (Å²) in [5.41, 5.74) is 0.903. The summed E-state index contributed by atoms with van der Waals surface area (Å²) in [7, 11) is -0.987. The monoisotopic (exact) mass is 435 g/mol. The van der Waals surface area contributed by atoms with Crippen molar-refractivity contribution in [3.8, 4) is 0 Å². The molecule has 1 N–H and O–H groups in total. The zero-order valence-corrected chi connectivity index (χ0v) is 18.0. The van der Waals surface area contributed by atoms with E-state index in [4.69, 9.17) is 16.6 Å². The van der Waals surface area contributed by atoms with Crippen molar-refractivity contribution >= 4 is 28.3 Å². The summed E-state index contributed by atoms with van der Waals surface area (Å²) in [6.45, 7) is 2.63. The van der Waals surface area contributed by atoms with Crippen LogP contribution in [0.3, 0.4) is 0 Å². The fourth-order valence-corrected chi connectivity index (χ4v) is 6.28. The molecular formula is C20H26ClN5O2S. The molecule has 0 aromatic carbocycles. The van der Waals surface area contributed by atoms with Gasteiger partial charge in [-0.05, 0) is 25.7 Å². The highest BCUT2D eigenvalue weighted by Gasteiger charge is 2.40. The molecule has 2 fully saturated rings. The molecule has 0 amide bonds. The molecule has 29 heavy (non-hydrogen) atoms. The summed E-state index contributed by atoms with van der Waals surface area (Å²) in [5, 5.41) is 11.4. The first-order valence-electron chi connectivity index (χ1n) is 10.4. The van der Waals surface area contributed by atoms with Crippen LogP contribution in [0.5, 0.6) is 0 Å². The number of aliphatic hydroxyl groups excluding tert-OH is 1. The molecule has 156 valence electrons. The second-order valence-corrected chi connectivity index (χ2v) is 10.5. The van der Waals surface area contributed by atoms with Crippen LogP contribution in [0.25, 0.3) is 0 Å². The van der Waals surface area contributed by atoms with Gasteiger partial charge in [0, 0.05) is 55.5 Å². The summed E-state index contributed by atoms with van der Waals surface area (Å²) in [6.07, 6.45) is 9.22. The minimum absolute atomic E-state index is 0.0779.